The first-order valence-electron chi connectivity index (χ1n) is 8.45. The van der Waals surface area contributed by atoms with Crippen LogP contribution in [0.15, 0.2) is 18.2 Å². The zero-order valence-corrected chi connectivity index (χ0v) is 14.4. The summed E-state index contributed by atoms with van der Waals surface area (Å²) in [6, 6.07) is 5.85. The fourth-order valence-electron chi connectivity index (χ4n) is 3.09. The predicted molar refractivity (Wildman–Crippen MR) is 90.7 cm³/mol. The minimum atomic E-state index is -0.155. The molecule has 0 bridgehead atoms. The van der Waals surface area contributed by atoms with Gasteiger partial charge >= 0.3 is 0 Å². The van der Waals surface area contributed by atoms with E-state index in [0.717, 1.165) is 36.0 Å². The van der Waals surface area contributed by atoms with Crippen LogP contribution in [0.2, 0.25) is 0 Å². The van der Waals surface area contributed by atoms with Crippen LogP contribution in [0.3, 0.4) is 0 Å². The molecule has 1 saturated heterocycles. The highest BCUT2D eigenvalue weighted by molar-refractivity contribution is 5.99. The molecule has 2 rings (SSSR count). The van der Waals surface area contributed by atoms with E-state index in [1.807, 2.05) is 32.0 Å². The summed E-state index contributed by atoms with van der Waals surface area (Å²) in [6.07, 6.45) is 3.09. The zero-order valence-electron chi connectivity index (χ0n) is 14.4. The molecule has 1 amide bonds. The van der Waals surface area contributed by atoms with Gasteiger partial charge in [0.2, 0.25) is 5.91 Å². The molecule has 1 aliphatic rings. The maximum Gasteiger partial charge on any atom is 0.220 e. The molecule has 4 nitrogen and oxygen atoms in total. The number of ether oxygens (including phenoxy) is 1. The Morgan fingerprint density at radius 2 is 1.87 bits per heavy atom. The second kappa shape index (κ2) is 7.73. The SMILES string of the molecule is CCC1(NC(=O)CCC(=O)c2cc(C)ccc2C)CCOCC1. The predicted octanol–water partition coefficient (Wildman–Crippen LogP) is 3.34. The number of rotatable bonds is 6. The van der Waals surface area contributed by atoms with Gasteiger partial charge in [-0.25, -0.2) is 0 Å². The van der Waals surface area contributed by atoms with Gasteiger partial charge in [0, 0.05) is 37.2 Å². The van der Waals surface area contributed by atoms with Gasteiger partial charge < -0.3 is 10.1 Å². The van der Waals surface area contributed by atoms with Crippen molar-refractivity contribution in [3.05, 3.63) is 34.9 Å². The van der Waals surface area contributed by atoms with E-state index in [1.54, 1.807) is 0 Å². The molecule has 0 aromatic heterocycles. The summed E-state index contributed by atoms with van der Waals surface area (Å²) in [5.74, 6) is 0.00582. The summed E-state index contributed by atoms with van der Waals surface area (Å²) in [7, 11) is 0. The van der Waals surface area contributed by atoms with E-state index in [4.69, 9.17) is 4.74 Å². The highest BCUT2D eigenvalue weighted by atomic mass is 16.5. The summed E-state index contributed by atoms with van der Waals surface area (Å²) in [5.41, 5.74) is 2.61. The van der Waals surface area contributed by atoms with Crippen molar-refractivity contribution in [3.63, 3.8) is 0 Å². The Bertz CT molecular complexity index is 574. The number of hydrogen-bond acceptors (Lipinski definition) is 3. The maximum absolute atomic E-state index is 12.4. The van der Waals surface area contributed by atoms with Crippen molar-refractivity contribution < 1.29 is 14.3 Å². The molecule has 0 radical (unpaired) electrons. The molecule has 0 saturated carbocycles. The van der Waals surface area contributed by atoms with E-state index in [0.29, 0.717) is 13.2 Å². The highest BCUT2D eigenvalue weighted by Gasteiger charge is 2.32. The average Bonchev–Trinajstić information content (AvgIpc) is 2.55. The lowest BCUT2D eigenvalue weighted by Gasteiger charge is -2.37. The van der Waals surface area contributed by atoms with Crippen molar-refractivity contribution in [3.8, 4) is 0 Å². The van der Waals surface area contributed by atoms with Crippen LogP contribution in [-0.2, 0) is 9.53 Å². The average molecular weight is 317 g/mol. The number of hydrogen-bond donors (Lipinski definition) is 1. The van der Waals surface area contributed by atoms with Gasteiger partial charge in [-0.1, -0.05) is 24.6 Å². The summed E-state index contributed by atoms with van der Waals surface area (Å²) in [4.78, 5) is 24.6. The van der Waals surface area contributed by atoms with Gasteiger partial charge in [-0.2, -0.15) is 0 Å². The van der Waals surface area contributed by atoms with E-state index >= 15 is 0 Å². The van der Waals surface area contributed by atoms with Crippen LogP contribution in [0.5, 0.6) is 0 Å². The van der Waals surface area contributed by atoms with E-state index in [9.17, 15) is 9.59 Å². The van der Waals surface area contributed by atoms with Gasteiger partial charge in [-0.15, -0.1) is 0 Å². The topological polar surface area (TPSA) is 55.4 Å². The molecule has 1 heterocycles. The van der Waals surface area contributed by atoms with Crippen molar-refractivity contribution in [2.24, 2.45) is 0 Å². The molecule has 0 aliphatic carbocycles. The Morgan fingerprint density at radius 1 is 1.17 bits per heavy atom. The van der Waals surface area contributed by atoms with Crippen molar-refractivity contribution in [1.29, 1.82) is 0 Å². The van der Waals surface area contributed by atoms with Crippen LogP contribution in [0.1, 0.15) is 60.5 Å². The number of amides is 1. The van der Waals surface area contributed by atoms with Crippen molar-refractivity contribution in [2.75, 3.05) is 13.2 Å². The van der Waals surface area contributed by atoms with Crippen LogP contribution >= 0.6 is 0 Å². The molecular formula is C19H27NO3. The molecule has 0 atom stereocenters. The second-order valence-electron chi connectivity index (χ2n) is 6.54. The van der Waals surface area contributed by atoms with E-state index in [1.165, 1.54) is 0 Å². The van der Waals surface area contributed by atoms with Crippen LogP contribution in [-0.4, -0.2) is 30.4 Å². The quantitative estimate of drug-likeness (QED) is 0.819. The van der Waals surface area contributed by atoms with E-state index in [-0.39, 0.29) is 30.1 Å². The number of benzene rings is 1. The van der Waals surface area contributed by atoms with E-state index in [2.05, 4.69) is 12.2 Å². The van der Waals surface area contributed by atoms with Gasteiger partial charge in [0.05, 0.1) is 0 Å². The molecular weight excluding hydrogens is 290 g/mol. The standard InChI is InChI=1S/C19H27NO3/c1-4-19(9-11-23-12-10-19)20-18(22)8-7-17(21)16-13-14(2)5-6-15(16)3/h5-6,13H,4,7-12H2,1-3H3,(H,20,22). The van der Waals surface area contributed by atoms with Crippen molar-refractivity contribution >= 4 is 11.7 Å². The molecule has 4 heteroatoms. The molecule has 126 valence electrons. The lowest BCUT2D eigenvalue weighted by Crippen LogP contribution is -2.51. The number of carbonyl (C=O) groups excluding carboxylic acids is 2. The first-order chi connectivity index (χ1) is 11.0. The van der Waals surface area contributed by atoms with Crippen LogP contribution in [0.4, 0.5) is 0 Å². The normalized spacial score (nSPS) is 16.8. The van der Waals surface area contributed by atoms with Gasteiger partial charge in [0.15, 0.2) is 5.78 Å². The molecule has 1 N–H and O–H groups in total. The largest absolute Gasteiger partial charge is 0.381 e. The fourth-order valence-corrected chi connectivity index (χ4v) is 3.09. The fraction of sp³-hybridized carbons (Fsp3) is 0.579. The Balaban J connectivity index is 1.91. The molecule has 1 fully saturated rings. The Labute approximate surface area is 138 Å². The molecule has 0 spiro atoms. The Kier molecular flexibility index (Phi) is 5.94. The van der Waals surface area contributed by atoms with Crippen LogP contribution in [0.25, 0.3) is 0 Å². The number of Topliss-reactive ketones (excluding diaryl/α,β-unsaturated/α-hetero) is 1. The molecule has 0 unspecified atom stereocenters. The minimum absolute atomic E-state index is 0.0348. The van der Waals surface area contributed by atoms with Gasteiger partial charge in [-0.05, 0) is 44.7 Å². The van der Waals surface area contributed by atoms with Crippen molar-refractivity contribution in [2.45, 2.75) is 58.4 Å². The maximum atomic E-state index is 12.4. The highest BCUT2D eigenvalue weighted by Crippen LogP contribution is 2.24. The number of ketones is 1. The summed E-state index contributed by atoms with van der Waals surface area (Å²) >= 11 is 0. The van der Waals surface area contributed by atoms with E-state index < -0.39 is 0 Å². The zero-order chi connectivity index (χ0) is 16.9. The molecule has 23 heavy (non-hydrogen) atoms. The number of aryl methyl sites for hydroxylation is 2. The summed E-state index contributed by atoms with van der Waals surface area (Å²) in [5, 5.41) is 3.14. The minimum Gasteiger partial charge on any atom is -0.381 e. The second-order valence-corrected chi connectivity index (χ2v) is 6.54. The Hall–Kier alpha value is -1.68. The monoisotopic (exact) mass is 317 g/mol. The van der Waals surface area contributed by atoms with Gasteiger partial charge in [0.1, 0.15) is 0 Å². The van der Waals surface area contributed by atoms with Crippen LogP contribution in [0, 0.1) is 13.8 Å². The lowest BCUT2D eigenvalue weighted by molar-refractivity contribution is -0.124. The first kappa shape index (κ1) is 17.7. The molecule has 1 aromatic rings. The van der Waals surface area contributed by atoms with Gasteiger partial charge in [-0.3, -0.25) is 9.59 Å². The molecule has 1 aromatic carbocycles. The van der Waals surface area contributed by atoms with Crippen LogP contribution < -0.4 is 5.32 Å². The number of carbonyl (C=O) groups is 2. The first-order valence-corrected chi connectivity index (χ1v) is 8.45. The lowest BCUT2D eigenvalue weighted by atomic mass is 9.87. The molecule has 1 aliphatic heterocycles. The third-order valence-corrected chi connectivity index (χ3v) is 4.80. The van der Waals surface area contributed by atoms with Gasteiger partial charge in [0.25, 0.3) is 0 Å². The smallest absolute Gasteiger partial charge is 0.220 e. The third-order valence-electron chi connectivity index (χ3n) is 4.80. The number of nitrogens with one attached hydrogen (secondary N) is 1. The van der Waals surface area contributed by atoms with Crippen molar-refractivity contribution in [1.82, 2.24) is 5.32 Å². The summed E-state index contributed by atoms with van der Waals surface area (Å²) < 4.78 is 5.38. The Morgan fingerprint density at radius 3 is 2.52 bits per heavy atom. The third kappa shape index (κ3) is 4.64. The summed E-state index contributed by atoms with van der Waals surface area (Å²) in [6.45, 7) is 7.37.